The normalized spacial score (nSPS) is 11.4. The maximum absolute atomic E-state index is 9.28. The number of hydrogen-bond acceptors (Lipinski definition) is 3. The summed E-state index contributed by atoms with van der Waals surface area (Å²) in [5.74, 6) is 0. The zero-order valence-electron chi connectivity index (χ0n) is 10.6. The van der Waals surface area contributed by atoms with Crippen LogP contribution >= 0.6 is 0 Å². The van der Waals surface area contributed by atoms with Crippen LogP contribution in [-0.2, 0) is 6.61 Å². The molecule has 4 heteroatoms. The van der Waals surface area contributed by atoms with Crippen molar-refractivity contribution in [2.75, 3.05) is 0 Å². The standard InChI is InChI=1S/C16H12N2O2/c19-8-10-1-2-14-13(7-10)12-3-5-17-15(16(12)18-14)11-4-6-20-9-11/h1-7,9,18-19H,8H2. The molecule has 4 rings (SSSR count). The van der Waals surface area contributed by atoms with Crippen LogP contribution in [0.5, 0.6) is 0 Å². The summed E-state index contributed by atoms with van der Waals surface area (Å²) in [5, 5.41) is 11.5. The maximum atomic E-state index is 9.28. The van der Waals surface area contributed by atoms with Gasteiger partial charge in [-0.15, -0.1) is 0 Å². The molecule has 0 radical (unpaired) electrons. The molecule has 98 valence electrons. The first-order chi connectivity index (χ1) is 9.86. The molecule has 0 aliphatic heterocycles. The number of fused-ring (bicyclic) bond motifs is 3. The van der Waals surface area contributed by atoms with E-state index in [1.807, 2.05) is 30.3 Å². The van der Waals surface area contributed by atoms with Crippen molar-refractivity contribution in [2.24, 2.45) is 0 Å². The van der Waals surface area contributed by atoms with E-state index in [-0.39, 0.29) is 6.61 Å². The van der Waals surface area contributed by atoms with Gasteiger partial charge in [-0.3, -0.25) is 4.98 Å². The van der Waals surface area contributed by atoms with Crippen LogP contribution in [-0.4, -0.2) is 15.1 Å². The van der Waals surface area contributed by atoms with Crippen LogP contribution in [0.1, 0.15) is 5.56 Å². The summed E-state index contributed by atoms with van der Waals surface area (Å²) in [6.45, 7) is 0.0439. The first-order valence-corrected chi connectivity index (χ1v) is 6.39. The van der Waals surface area contributed by atoms with Crippen molar-refractivity contribution in [3.8, 4) is 11.3 Å². The summed E-state index contributed by atoms with van der Waals surface area (Å²) < 4.78 is 5.14. The first kappa shape index (κ1) is 11.3. The number of H-pyrrole nitrogens is 1. The van der Waals surface area contributed by atoms with Crippen molar-refractivity contribution in [1.82, 2.24) is 9.97 Å². The van der Waals surface area contributed by atoms with E-state index in [9.17, 15) is 5.11 Å². The zero-order chi connectivity index (χ0) is 13.5. The van der Waals surface area contributed by atoms with Crippen molar-refractivity contribution in [3.05, 3.63) is 54.6 Å². The molecule has 4 nitrogen and oxygen atoms in total. The third-order valence-corrected chi connectivity index (χ3v) is 3.56. The Morgan fingerprint density at radius 2 is 2.10 bits per heavy atom. The number of pyridine rings is 1. The lowest BCUT2D eigenvalue weighted by Gasteiger charge is -1.98. The van der Waals surface area contributed by atoms with Crippen LogP contribution in [0, 0.1) is 0 Å². The molecule has 0 saturated heterocycles. The fourth-order valence-electron chi connectivity index (χ4n) is 2.59. The van der Waals surface area contributed by atoms with Gasteiger partial charge in [0.1, 0.15) is 0 Å². The highest BCUT2D eigenvalue weighted by atomic mass is 16.3. The van der Waals surface area contributed by atoms with Crippen molar-refractivity contribution in [1.29, 1.82) is 0 Å². The average Bonchev–Trinajstić information content (AvgIpc) is 3.13. The number of nitrogens with zero attached hydrogens (tertiary/aromatic N) is 1. The van der Waals surface area contributed by atoms with E-state index in [4.69, 9.17) is 4.42 Å². The Hall–Kier alpha value is -2.59. The lowest BCUT2D eigenvalue weighted by molar-refractivity contribution is 0.282. The predicted molar refractivity (Wildman–Crippen MR) is 77.2 cm³/mol. The average molecular weight is 264 g/mol. The number of aromatic nitrogens is 2. The minimum atomic E-state index is 0.0439. The molecule has 0 fully saturated rings. The van der Waals surface area contributed by atoms with Crippen LogP contribution in [0.3, 0.4) is 0 Å². The molecule has 0 spiro atoms. The minimum Gasteiger partial charge on any atom is -0.472 e. The van der Waals surface area contributed by atoms with E-state index in [1.54, 1.807) is 18.7 Å². The highest BCUT2D eigenvalue weighted by Gasteiger charge is 2.11. The third-order valence-electron chi connectivity index (χ3n) is 3.56. The van der Waals surface area contributed by atoms with Gasteiger partial charge >= 0.3 is 0 Å². The van der Waals surface area contributed by atoms with Crippen LogP contribution in [0.2, 0.25) is 0 Å². The molecule has 0 aliphatic carbocycles. The molecule has 0 unspecified atom stereocenters. The van der Waals surface area contributed by atoms with E-state index in [2.05, 4.69) is 9.97 Å². The van der Waals surface area contributed by atoms with Gasteiger partial charge in [-0.05, 0) is 29.8 Å². The Labute approximate surface area is 114 Å². The van der Waals surface area contributed by atoms with Crippen molar-refractivity contribution < 1.29 is 9.52 Å². The van der Waals surface area contributed by atoms with E-state index in [0.29, 0.717) is 0 Å². The van der Waals surface area contributed by atoms with E-state index in [0.717, 1.165) is 38.6 Å². The summed E-state index contributed by atoms with van der Waals surface area (Å²) in [6, 6.07) is 9.79. The summed E-state index contributed by atoms with van der Waals surface area (Å²) in [6.07, 6.45) is 5.12. The summed E-state index contributed by atoms with van der Waals surface area (Å²) in [7, 11) is 0. The number of aliphatic hydroxyl groups excluding tert-OH is 1. The van der Waals surface area contributed by atoms with Crippen LogP contribution in [0.15, 0.2) is 53.5 Å². The number of rotatable bonds is 2. The molecule has 0 aliphatic rings. The topological polar surface area (TPSA) is 62.0 Å². The molecular weight excluding hydrogens is 252 g/mol. The zero-order valence-corrected chi connectivity index (χ0v) is 10.6. The summed E-state index contributed by atoms with van der Waals surface area (Å²) in [4.78, 5) is 7.85. The van der Waals surface area contributed by atoms with Crippen molar-refractivity contribution >= 4 is 21.8 Å². The Kier molecular flexibility index (Phi) is 2.37. The Balaban J connectivity index is 2.09. The number of furan rings is 1. The number of nitrogens with one attached hydrogen (secondary N) is 1. The van der Waals surface area contributed by atoms with E-state index in [1.165, 1.54) is 0 Å². The quantitative estimate of drug-likeness (QED) is 0.582. The number of aromatic amines is 1. The second-order valence-electron chi connectivity index (χ2n) is 4.76. The van der Waals surface area contributed by atoms with Gasteiger partial charge in [0.25, 0.3) is 0 Å². The number of hydrogen-bond donors (Lipinski definition) is 2. The maximum Gasteiger partial charge on any atom is 0.0997 e. The van der Waals surface area contributed by atoms with Gasteiger partial charge in [0.15, 0.2) is 0 Å². The molecule has 3 aromatic heterocycles. The van der Waals surface area contributed by atoms with Gasteiger partial charge in [-0.1, -0.05) is 6.07 Å². The summed E-state index contributed by atoms with van der Waals surface area (Å²) >= 11 is 0. The van der Waals surface area contributed by atoms with Gasteiger partial charge in [0, 0.05) is 28.0 Å². The van der Waals surface area contributed by atoms with Crippen LogP contribution in [0.25, 0.3) is 33.1 Å². The van der Waals surface area contributed by atoms with Crippen molar-refractivity contribution in [3.63, 3.8) is 0 Å². The highest BCUT2D eigenvalue weighted by Crippen LogP contribution is 2.32. The summed E-state index contributed by atoms with van der Waals surface area (Å²) in [5.41, 5.74) is 4.75. The molecule has 0 atom stereocenters. The highest BCUT2D eigenvalue weighted by molar-refractivity contribution is 6.11. The molecule has 0 saturated carbocycles. The molecule has 0 bridgehead atoms. The monoisotopic (exact) mass is 264 g/mol. The molecule has 2 N–H and O–H groups in total. The number of aliphatic hydroxyl groups is 1. The fraction of sp³-hybridized carbons (Fsp3) is 0.0625. The number of benzene rings is 1. The second-order valence-corrected chi connectivity index (χ2v) is 4.76. The van der Waals surface area contributed by atoms with Gasteiger partial charge < -0.3 is 14.5 Å². The predicted octanol–water partition coefficient (Wildman–Crippen LogP) is 3.47. The molecule has 20 heavy (non-hydrogen) atoms. The molecular formula is C16H12N2O2. The first-order valence-electron chi connectivity index (χ1n) is 6.39. The van der Waals surface area contributed by atoms with E-state index >= 15 is 0 Å². The largest absolute Gasteiger partial charge is 0.472 e. The lowest BCUT2D eigenvalue weighted by atomic mass is 10.1. The Morgan fingerprint density at radius 3 is 2.90 bits per heavy atom. The Bertz CT molecular complexity index is 892. The van der Waals surface area contributed by atoms with Crippen molar-refractivity contribution in [2.45, 2.75) is 6.61 Å². The SMILES string of the molecule is OCc1ccc2[nH]c3c(-c4ccoc4)nccc3c2c1. The second kappa shape index (κ2) is 4.21. The fourth-order valence-corrected chi connectivity index (χ4v) is 2.59. The minimum absolute atomic E-state index is 0.0439. The van der Waals surface area contributed by atoms with Crippen LogP contribution in [0.4, 0.5) is 0 Å². The smallest absolute Gasteiger partial charge is 0.0997 e. The third kappa shape index (κ3) is 1.55. The molecule has 4 aromatic rings. The molecule has 0 amide bonds. The van der Waals surface area contributed by atoms with Gasteiger partial charge in [-0.2, -0.15) is 0 Å². The molecule has 3 heterocycles. The van der Waals surface area contributed by atoms with Crippen LogP contribution < -0.4 is 0 Å². The van der Waals surface area contributed by atoms with Gasteiger partial charge in [0.2, 0.25) is 0 Å². The lowest BCUT2D eigenvalue weighted by Crippen LogP contribution is -1.82. The van der Waals surface area contributed by atoms with Gasteiger partial charge in [0.05, 0.1) is 30.3 Å². The van der Waals surface area contributed by atoms with Gasteiger partial charge in [-0.25, -0.2) is 0 Å². The Morgan fingerprint density at radius 1 is 1.15 bits per heavy atom. The van der Waals surface area contributed by atoms with E-state index < -0.39 is 0 Å². The molecule has 1 aromatic carbocycles.